The van der Waals surface area contributed by atoms with E-state index < -0.39 is 0 Å². The van der Waals surface area contributed by atoms with Crippen LogP contribution in [0.25, 0.3) is 0 Å². The number of carbonyl (C=O) groups is 2. The molecule has 4 aromatic rings. The smallest absolute Gasteiger partial charge is 0.188 e. The van der Waals surface area contributed by atoms with Gasteiger partial charge in [0.1, 0.15) is 5.69 Å². The Morgan fingerprint density at radius 2 is 1.44 bits per heavy atom. The molecule has 2 aromatic carbocycles. The Balaban J connectivity index is 1.61. The van der Waals surface area contributed by atoms with Crippen LogP contribution in [0.3, 0.4) is 0 Å². The lowest BCUT2D eigenvalue weighted by Gasteiger charge is -2.10. The third-order valence-corrected chi connectivity index (χ3v) is 5.26. The first-order chi connectivity index (χ1) is 15.6. The van der Waals surface area contributed by atoms with Gasteiger partial charge in [0.2, 0.25) is 0 Å². The molecule has 0 fully saturated rings. The summed E-state index contributed by atoms with van der Waals surface area (Å²) in [5.74, 6) is -0.464. The molecule has 158 valence electrons. The van der Waals surface area contributed by atoms with E-state index in [1.165, 1.54) is 5.56 Å². The van der Waals surface area contributed by atoms with Crippen LogP contribution < -0.4 is 0 Å². The number of carbonyl (C=O) groups excluding carboxylic acids is 2. The van der Waals surface area contributed by atoms with Crippen molar-refractivity contribution >= 4 is 11.6 Å². The zero-order chi connectivity index (χ0) is 22.3. The van der Waals surface area contributed by atoms with Gasteiger partial charge in [-0.05, 0) is 72.0 Å². The van der Waals surface area contributed by atoms with E-state index in [4.69, 9.17) is 0 Å². The van der Waals surface area contributed by atoms with Crippen molar-refractivity contribution in [3.05, 3.63) is 130 Å². The van der Waals surface area contributed by atoms with E-state index in [9.17, 15) is 9.59 Å². The number of pyridine rings is 2. The SMILES string of the molecule is Cc1ccnc(C(=O)CC(=O)c2cc(Cc3ccccc3)cc(Cc3ccccn3)c2)c1. The van der Waals surface area contributed by atoms with E-state index in [-0.39, 0.29) is 18.0 Å². The summed E-state index contributed by atoms with van der Waals surface area (Å²) >= 11 is 0. The lowest BCUT2D eigenvalue weighted by molar-refractivity contribution is 0.0891. The second-order valence-electron chi connectivity index (χ2n) is 7.94. The molecule has 2 aromatic heterocycles. The summed E-state index contributed by atoms with van der Waals surface area (Å²) in [7, 11) is 0. The molecular formula is C28H24N2O2. The van der Waals surface area contributed by atoms with Gasteiger partial charge in [0.05, 0.1) is 6.42 Å². The highest BCUT2D eigenvalue weighted by Gasteiger charge is 2.16. The number of hydrogen-bond donors (Lipinski definition) is 0. The molecule has 32 heavy (non-hydrogen) atoms. The predicted octanol–water partition coefficient (Wildman–Crippen LogP) is 5.42. The number of nitrogens with zero attached hydrogens (tertiary/aromatic N) is 2. The molecule has 0 saturated heterocycles. The average molecular weight is 421 g/mol. The van der Waals surface area contributed by atoms with Gasteiger partial charge < -0.3 is 0 Å². The van der Waals surface area contributed by atoms with Crippen molar-refractivity contribution in [3.63, 3.8) is 0 Å². The third kappa shape index (κ3) is 5.61. The van der Waals surface area contributed by atoms with E-state index in [1.54, 1.807) is 18.5 Å². The van der Waals surface area contributed by atoms with Gasteiger partial charge in [-0.2, -0.15) is 0 Å². The quantitative estimate of drug-likeness (QED) is 0.282. The van der Waals surface area contributed by atoms with Crippen molar-refractivity contribution < 1.29 is 9.59 Å². The molecule has 2 heterocycles. The van der Waals surface area contributed by atoms with Gasteiger partial charge in [-0.25, -0.2) is 0 Å². The summed E-state index contributed by atoms with van der Waals surface area (Å²) in [6, 6.07) is 25.4. The Bertz CT molecular complexity index is 1180. The fourth-order valence-electron chi connectivity index (χ4n) is 3.70. The number of rotatable bonds is 8. The fraction of sp³-hybridized carbons (Fsp3) is 0.143. The van der Waals surface area contributed by atoms with E-state index in [1.807, 2.05) is 61.5 Å². The lowest BCUT2D eigenvalue weighted by atomic mass is 9.94. The maximum Gasteiger partial charge on any atom is 0.188 e. The zero-order valence-electron chi connectivity index (χ0n) is 18.0. The van der Waals surface area contributed by atoms with E-state index in [0.29, 0.717) is 24.1 Å². The third-order valence-electron chi connectivity index (χ3n) is 5.26. The summed E-state index contributed by atoms with van der Waals surface area (Å²) in [5.41, 5.74) is 5.95. The monoisotopic (exact) mass is 420 g/mol. The highest BCUT2D eigenvalue weighted by atomic mass is 16.1. The molecule has 4 heteroatoms. The molecule has 0 radical (unpaired) electrons. The number of ketones is 2. The maximum absolute atomic E-state index is 13.1. The molecule has 4 nitrogen and oxygen atoms in total. The second-order valence-corrected chi connectivity index (χ2v) is 7.94. The average Bonchev–Trinajstić information content (AvgIpc) is 2.80. The van der Waals surface area contributed by atoms with Crippen LogP contribution in [0.5, 0.6) is 0 Å². The summed E-state index contributed by atoms with van der Waals surface area (Å²) in [4.78, 5) is 34.2. The van der Waals surface area contributed by atoms with Crippen molar-refractivity contribution in [1.82, 2.24) is 9.97 Å². The van der Waals surface area contributed by atoms with E-state index in [0.717, 1.165) is 22.4 Å². The van der Waals surface area contributed by atoms with Gasteiger partial charge in [0, 0.05) is 30.1 Å². The molecule has 0 aliphatic carbocycles. The van der Waals surface area contributed by atoms with Gasteiger partial charge in [0.15, 0.2) is 11.6 Å². The Labute approximate surface area is 188 Å². The first kappa shape index (κ1) is 21.3. The van der Waals surface area contributed by atoms with Gasteiger partial charge in [-0.1, -0.05) is 42.5 Å². The topological polar surface area (TPSA) is 59.9 Å². The molecule has 0 aliphatic rings. The van der Waals surface area contributed by atoms with Gasteiger partial charge in [0.25, 0.3) is 0 Å². The molecule has 0 amide bonds. The highest BCUT2D eigenvalue weighted by molar-refractivity contribution is 6.13. The predicted molar refractivity (Wildman–Crippen MR) is 125 cm³/mol. The van der Waals surface area contributed by atoms with E-state index in [2.05, 4.69) is 28.2 Å². The molecule has 4 rings (SSSR count). The molecule has 0 unspecified atom stereocenters. The molecule has 0 N–H and O–H groups in total. The summed E-state index contributed by atoms with van der Waals surface area (Å²) in [6.45, 7) is 1.90. The number of Topliss-reactive ketones (excluding diaryl/α,β-unsaturated/α-hetero) is 2. The van der Waals surface area contributed by atoms with Crippen LogP contribution >= 0.6 is 0 Å². The Kier molecular flexibility index (Phi) is 6.61. The summed E-state index contributed by atoms with van der Waals surface area (Å²) in [5, 5.41) is 0. The van der Waals surface area contributed by atoms with Crippen molar-refractivity contribution in [2.75, 3.05) is 0 Å². The minimum absolute atomic E-state index is 0.199. The number of aryl methyl sites for hydroxylation is 1. The maximum atomic E-state index is 13.1. The van der Waals surface area contributed by atoms with Crippen LogP contribution in [0.15, 0.2) is 91.3 Å². The summed E-state index contributed by atoms with van der Waals surface area (Å²) in [6.07, 6.45) is 4.50. The zero-order valence-corrected chi connectivity index (χ0v) is 18.0. The molecule has 0 aliphatic heterocycles. The lowest BCUT2D eigenvalue weighted by Crippen LogP contribution is -2.11. The van der Waals surface area contributed by atoms with E-state index >= 15 is 0 Å². The van der Waals surface area contributed by atoms with Crippen LogP contribution in [0, 0.1) is 6.92 Å². The first-order valence-corrected chi connectivity index (χ1v) is 10.6. The Morgan fingerprint density at radius 1 is 0.688 bits per heavy atom. The van der Waals surface area contributed by atoms with Crippen molar-refractivity contribution in [2.24, 2.45) is 0 Å². The Morgan fingerprint density at radius 3 is 2.16 bits per heavy atom. The molecule has 0 saturated carbocycles. The molecule has 0 spiro atoms. The molecule has 0 atom stereocenters. The number of hydrogen-bond acceptors (Lipinski definition) is 4. The van der Waals surface area contributed by atoms with Crippen LogP contribution in [0.1, 0.15) is 55.2 Å². The van der Waals surface area contributed by atoms with Crippen LogP contribution in [-0.2, 0) is 12.8 Å². The first-order valence-electron chi connectivity index (χ1n) is 10.6. The summed E-state index contributed by atoms with van der Waals surface area (Å²) < 4.78 is 0. The van der Waals surface area contributed by atoms with Gasteiger partial charge >= 0.3 is 0 Å². The minimum atomic E-state index is -0.265. The van der Waals surface area contributed by atoms with Crippen molar-refractivity contribution in [2.45, 2.75) is 26.2 Å². The number of aromatic nitrogens is 2. The Hall–Kier alpha value is -3.92. The van der Waals surface area contributed by atoms with Crippen LogP contribution in [0.2, 0.25) is 0 Å². The highest BCUT2D eigenvalue weighted by Crippen LogP contribution is 2.19. The van der Waals surface area contributed by atoms with Gasteiger partial charge in [-0.15, -0.1) is 0 Å². The van der Waals surface area contributed by atoms with Crippen LogP contribution in [-0.4, -0.2) is 21.5 Å². The molecular weight excluding hydrogens is 396 g/mol. The largest absolute Gasteiger partial charge is 0.294 e. The van der Waals surface area contributed by atoms with Crippen molar-refractivity contribution in [3.8, 4) is 0 Å². The standard InChI is InChI=1S/C28H24N2O2/c1-20-10-12-30-26(13-20)28(32)19-27(31)24-16-22(14-21-7-3-2-4-8-21)15-23(17-24)18-25-9-5-6-11-29-25/h2-13,15-17H,14,18-19H2,1H3. The van der Waals surface area contributed by atoms with Crippen molar-refractivity contribution in [1.29, 1.82) is 0 Å². The van der Waals surface area contributed by atoms with Crippen LogP contribution in [0.4, 0.5) is 0 Å². The molecule has 0 bridgehead atoms. The number of benzene rings is 2. The van der Waals surface area contributed by atoms with Gasteiger partial charge in [-0.3, -0.25) is 19.6 Å². The normalized spacial score (nSPS) is 10.7. The fourth-order valence-corrected chi connectivity index (χ4v) is 3.70. The second kappa shape index (κ2) is 9.92. The minimum Gasteiger partial charge on any atom is -0.294 e.